The Bertz CT molecular complexity index is 829. The molecular formula is C18H25N3O4S. The third kappa shape index (κ3) is 5.39. The second-order valence-electron chi connectivity index (χ2n) is 7.04. The summed E-state index contributed by atoms with van der Waals surface area (Å²) in [6.45, 7) is 7.68. The number of carbonyl (C=O) groups excluding carboxylic acids is 1. The molecule has 0 fully saturated rings. The van der Waals surface area contributed by atoms with E-state index in [0.29, 0.717) is 12.0 Å². The summed E-state index contributed by atoms with van der Waals surface area (Å²) in [4.78, 5) is 12.1. The maximum atomic E-state index is 12.5. The van der Waals surface area contributed by atoms with E-state index in [1.54, 1.807) is 24.3 Å². The molecule has 1 heterocycles. The van der Waals surface area contributed by atoms with Crippen LogP contribution in [0.25, 0.3) is 0 Å². The minimum Gasteiger partial charge on any atom is -0.410 e. The van der Waals surface area contributed by atoms with Gasteiger partial charge in [-0.15, -0.1) is 5.10 Å². The Kier molecular flexibility index (Phi) is 6.52. The first kappa shape index (κ1) is 20.1. The van der Waals surface area contributed by atoms with Crippen LogP contribution in [0.15, 0.2) is 40.0 Å². The molecule has 2 aromatic rings. The standard InChI is InChI=1S/C18H25N3O4S/c1-12(2)10-15(22)19-16(13(3)4)17-20-21-18(25-17)26(23,24)11-14-8-6-5-7-9-14/h5-9,12-13,16H,10-11H2,1-4H3,(H,19,22)/t16-/m0/s1. The molecule has 0 aliphatic carbocycles. The second-order valence-corrected chi connectivity index (χ2v) is 8.91. The number of hydrogen-bond donors (Lipinski definition) is 1. The fourth-order valence-electron chi connectivity index (χ4n) is 2.44. The van der Waals surface area contributed by atoms with Gasteiger partial charge in [0.2, 0.25) is 21.6 Å². The summed E-state index contributed by atoms with van der Waals surface area (Å²) in [5.41, 5.74) is 0.637. The van der Waals surface area contributed by atoms with Gasteiger partial charge in [-0.3, -0.25) is 4.79 Å². The predicted octanol–water partition coefficient (Wildman–Crippen LogP) is 2.90. The van der Waals surface area contributed by atoms with E-state index in [0.717, 1.165) is 0 Å². The Morgan fingerprint density at radius 2 is 1.77 bits per heavy atom. The fourth-order valence-corrected chi connectivity index (χ4v) is 3.58. The molecule has 0 aliphatic heterocycles. The van der Waals surface area contributed by atoms with Gasteiger partial charge < -0.3 is 9.73 Å². The van der Waals surface area contributed by atoms with Gasteiger partial charge in [-0.05, 0) is 17.4 Å². The van der Waals surface area contributed by atoms with Crippen molar-refractivity contribution in [2.75, 3.05) is 0 Å². The molecule has 0 aliphatic rings. The minimum atomic E-state index is -3.75. The fraction of sp³-hybridized carbons (Fsp3) is 0.500. The molecule has 0 saturated carbocycles. The van der Waals surface area contributed by atoms with Crippen LogP contribution in [0.3, 0.4) is 0 Å². The highest BCUT2D eigenvalue weighted by atomic mass is 32.2. The average molecular weight is 379 g/mol. The number of rotatable bonds is 8. The van der Waals surface area contributed by atoms with E-state index in [1.165, 1.54) is 0 Å². The lowest BCUT2D eigenvalue weighted by molar-refractivity contribution is -0.123. The topological polar surface area (TPSA) is 102 Å². The van der Waals surface area contributed by atoms with Gasteiger partial charge in [-0.1, -0.05) is 63.1 Å². The molecule has 1 N–H and O–H groups in total. The van der Waals surface area contributed by atoms with E-state index >= 15 is 0 Å². The van der Waals surface area contributed by atoms with Crippen molar-refractivity contribution in [3.63, 3.8) is 0 Å². The van der Waals surface area contributed by atoms with Crippen molar-refractivity contribution in [3.8, 4) is 0 Å². The lowest BCUT2D eigenvalue weighted by Gasteiger charge is -2.19. The SMILES string of the molecule is CC(C)CC(=O)N[C@H](c1nnc(S(=O)(=O)Cc2ccccc2)o1)C(C)C. The number of nitrogens with one attached hydrogen (secondary N) is 1. The first-order valence-corrected chi connectivity index (χ1v) is 10.2. The zero-order valence-corrected chi connectivity index (χ0v) is 16.3. The van der Waals surface area contributed by atoms with Gasteiger partial charge in [0.05, 0.1) is 5.75 Å². The van der Waals surface area contributed by atoms with Crippen molar-refractivity contribution >= 4 is 15.7 Å². The van der Waals surface area contributed by atoms with Crippen LogP contribution in [0.4, 0.5) is 0 Å². The van der Waals surface area contributed by atoms with E-state index < -0.39 is 21.1 Å². The minimum absolute atomic E-state index is 0.0313. The number of aromatic nitrogens is 2. The van der Waals surface area contributed by atoms with E-state index in [1.807, 2.05) is 33.8 Å². The number of amides is 1. The van der Waals surface area contributed by atoms with Crippen LogP contribution in [-0.2, 0) is 20.4 Å². The summed E-state index contributed by atoms with van der Waals surface area (Å²) in [6.07, 6.45) is 0.372. The Morgan fingerprint density at radius 3 is 2.35 bits per heavy atom. The molecule has 1 aromatic carbocycles. The summed E-state index contributed by atoms with van der Waals surface area (Å²) >= 11 is 0. The smallest absolute Gasteiger partial charge is 0.335 e. The van der Waals surface area contributed by atoms with Crippen molar-refractivity contribution in [1.29, 1.82) is 0 Å². The van der Waals surface area contributed by atoms with Gasteiger partial charge in [0.1, 0.15) is 6.04 Å². The van der Waals surface area contributed by atoms with Gasteiger partial charge in [-0.2, -0.15) is 0 Å². The molecule has 142 valence electrons. The van der Waals surface area contributed by atoms with Crippen molar-refractivity contribution in [2.24, 2.45) is 11.8 Å². The molecule has 1 amide bonds. The third-order valence-corrected chi connectivity index (χ3v) is 5.14. The molecule has 1 aromatic heterocycles. The number of benzene rings is 1. The van der Waals surface area contributed by atoms with Crippen LogP contribution in [0.2, 0.25) is 0 Å². The second kappa shape index (κ2) is 8.44. The zero-order chi connectivity index (χ0) is 19.3. The summed E-state index contributed by atoms with van der Waals surface area (Å²) < 4.78 is 30.4. The highest BCUT2D eigenvalue weighted by molar-refractivity contribution is 7.90. The van der Waals surface area contributed by atoms with Crippen molar-refractivity contribution in [1.82, 2.24) is 15.5 Å². The highest BCUT2D eigenvalue weighted by Crippen LogP contribution is 2.23. The van der Waals surface area contributed by atoms with Gasteiger partial charge in [-0.25, -0.2) is 8.42 Å². The quantitative estimate of drug-likeness (QED) is 0.756. The molecular weight excluding hydrogens is 354 g/mol. The van der Waals surface area contributed by atoms with E-state index in [-0.39, 0.29) is 29.4 Å². The van der Waals surface area contributed by atoms with E-state index in [2.05, 4.69) is 15.5 Å². The molecule has 2 rings (SSSR count). The van der Waals surface area contributed by atoms with Crippen LogP contribution in [0.5, 0.6) is 0 Å². The Hall–Kier alpha value is -2.22. The lowest BCUT2D eigenvalue weighted by atomic mass is 10.0. The van der Waals surface area contributed by atoms with Crippen LogP contribution in [0.1, 0.15) is 51.6 Å². The molecule has 0 radical (unpaired) electrons. The molecule has 0 unspecified atom stereocenters. The summed E-state index contributed by atoms with van der Waals surface area (Å²) in [5.74, 6) is -0.0699. The Balaban J connectivity index is 2.18. The lowest BCUT2D eigenvalue weighted by Crippen LogP contribution is -2.32. The van der Waals surface area contributed by atoms with E-state index in [4.69, 9.17) is 4.42 Å². The van der Waals surface area contributed by atoms with Crippen LogP contribution in [0, 0.1) is 11.8 Å². The molecule has 26 heavy (non-hydrogen) atoms. The Morgan fingerprint density at radius 1 is 1.12 bits per heavy atom. The van der Waals surface area contributed by atoms with Crippen LogP contribution in [-0.4, -0.2) is 24.5 Å². The maximum absolute atomic E-state index is 12.5. The molecule has 1 atom stereocenters. The number of nitrogens with zero attached hydrogens (tertiary/aromatic N) is 2. The van der Waals surface area contributed by atoms with Gasteiger partial charge >= 0.3 is 5.22 Å². The van der Waals surface area contributed by atoms with Crippen molar-refractivity contribution < 1.29 is 17.6 Å². The first-order chi connectivity index (χ1) is 12.2. The predicted molar refractivity (Wildman–Crippen MR) is 96.8 cm³/mol. The molecule has 8 heteroatoms. The van der Waals surface area contributed by atoms with Crippen molar-refractivity contribution in [2.45, 2.75) is 51.1 Å². The van der Waals surface area contributed by atoms with Gasteiger partial charge in [0.15, 0.2) is 0 Å². The summed E-state index contributed by atoms with van der Waals surface area (Å²) in [7, 11) is -3.75. The highest BCUT2D eigenvalue weighted by Gasteiger charge is 2.28. The number of carbonyl (C=O) groups is 1. The maximum Gasteiger partial charge on any atom is 0.335 e. The molecule has 0 spiro atoms. The number of sulfone groups is 1. The Labute approximate surface area is 154 Å². The molecule has 0 bridgehead atoms. The number of hydrogen-bond acceptors (Lipinski definition) is 6. The molecule has 7 nitrogen and oxygen atoms in total. The largest absolute Gasteiger partial charge is 0.410 e. The van der Waals surface area contributed by atoms with Gasteiger partial charge in [0, 0.05) is 6.42 Å². The normalized spacial score (nSPS) is 13.2. The van der Waals surface area contributed by atoms with Crippen LogP contribution < -0.4 is 5.32 Å². The zero-order valence-electron chi connectivity index (χ0n) is 15.5. The first-order valence-electron chi connectivity index (χ1n) is 8.58. The third-order valence-electron chi connectivity index (χ3n) is 3.73. The summed E-state index contributed by atoms with van der Waals surface area (Å²) in [6, 6.07) is 8.25. The van der Waals surface area contributed by atoms with Crippen LogP contribution >= 0.6 is 0 Å². The van der Waals surface area contributed by atoms with E-state index in [9.17, 15) is 13.2 Å². The van der Waals surface area contributed by atoms with Crippen molar-refractivity contribution in [3.05, 3.63) is 41.8 Å². The van der Waals surface area contributed by atoms with Gasteiger partial charge in [0.25, 0.3) is 0 Å². The monoisotopic (exact) mass is 379 g/mol. The molecule has 0 saturated heterocycles. The summed E-state index contributed by atoms with van der Waals surface area (Å²) in [5, 5.41) is 9.99. The average Bonchev–Trinajstić information content (AvgIpc) is 3.02.